The van der Waals surface area contributed by atoms with Crippen molar-refractivity contribution in [1.29, 1.82) is 0 Å². The molecule has 0 atom stereocenters. The number of hydrogen-bond acceptors (Lipinski definition) is 0. The van der Waals surface area contributed by atoms with E-state index < -0.39 is 0 Å². The van der Waals surface area contributed by atoms with Crippen LogP contribution in [-0.4, -0.2) is 45.9 Å². The Morgan fingerprint density at radius 1 is 1.00 bits per heavy atom. The topological polar surface area (TPSA) is 60.0 Å². The molecule has 0 unspecified atom stereocenters. The van der Waals surface area contributed by atoms with Crippen LogP contribution >= 0.6 is 0 Å². The van der Waals surface area contributed by atoms with Gasteiger partial charge in [0, 0.05) is 0 Å². The normalized spacial score (nSPS) is 0. The molecule has 0 aromatic rings. The number of hydrogen-bond donors (Lipinski definition) is 0. The van der Waals surface area contributed by atoms with E-state index in [0.29, 0.717) is 0 Å². The minimum atomic E-state index is 0. The van der Waals surface area contributed by atoms with Crippen molar-refractivity contribution < 1.29 is 11.0 Å². The minimum Gasteiger partial charge on any atom is -2.00 e. The van der Waals surface area contributed by atoms with Gasteiger partial charge in [-0.2, -0.15) is 0 Å². The molecule has 0 amide bonds. The van der Waals surface area contributed by atoms with Gasteiger partial charge in [-0.3, -0.25) is 0 Å². The Kier molecular flexibility index (Phi) is 460. The van der Waals surface area contributed by atoms with Crippen LogP contribution in [0.4, 0.5) is 0 Å². The molecule has 20 valence electrons. The van der Waals surface area contributed by atoms with Crippen LogP contribution in [0.1, 0.15) is 0 Å². The molecule has 0 aromatic carbocycles. The second kappa shape index (κ2) is 29.4. The Hall–Kier alpha value is 1.22. The van der Waals surface area contributed by atoms with Crippen molar-refractivity contribution in [3.05, 3.63) is 0 Å². The zero-order valence-corrected chi connectivity index (χ0v) is 2.64. The first-order chi connectivity index (χ1) is 0. The molecular formula is H4AlMgO2+. The van der Waals surface area contributed by atoms with Crippen LogP contribution in [0.15, 0.2) is 0 Å². The summed E-state index contributed by atoms with van der Waals surface area (Å²) in [6.07, 6.45) is 0. The minimum absolute atomic E-state index is 0. The van der Waals surface area contributed by atoms with E-state index in [1.807, 2.05) is 0 Å². The number of rotatable bonds is 0. The van der Waals surface area contributed by atoms with E-state index in [1.165, 1.54) is 0 Å². The van der Waals surface area contributed by atoms with Crippen LogP contribution in [0.5, 0.6) is 0 Å². The zero-order valence-electron chi connectivity index (χ0n) is 1.49. The largest absolute Gasteiger partial charge is 3.00 e. The van der Waals surface area contributed by atoms with Crippen LogP contribution in [0.3, 0.4) is 0 Å². The van der Waals surface area contributed by atoms with E-state index in [4.69, 9.17) is 0 Å². The van der Waals surface area contributed by atoms with Crippen LogP contribution in [-0.2, 0) is 5.48 Å². The summed E-state index contributed by atoms with van der Waals surface area (Å²) in [5.74, 6) is 0. The maximum atomic E-state index is 0. The Bertz CT molecular complexity index is 6.00. The van der Waals surface area contributed by atoms with Crippen LogP contribution < -0.4 is 0 Å². The van der Waals surface area contributed by atoms with Crippen molar-refractivity contribution in [1.82, 2.24) is 0 Å². The van der Waals surface area contributed by atoms with Crippen molar-refractivity contribution in [3.8, 4) is 0 Å². The van der Waals surface area contributed by atoms with Crippen LogP contribution in [0.2, 0.25) is 0 Å². The first-order valence-electron chi connectivity index (χ1n) is 0. The molecule has 0 saturated heterocycles. The average molecular weight is 87.3 g/mol. The predicted octanol–water partition coefficient (Wildman–Crippen LogP) is -2.24. The van der Waals surface area contributed by atoms with Crippen LogP contribution in [0, 0.1) is 0 Å². The molecular weight excluding hydrogens is 83.3 g/mol. The molecule has 2 nitrogen and oxygen atoms in total. The zero-order chi connectivity index (χ0) is 0. The fourth-order valence-electron chi connectivity index (χ4n) is 0. The van der Waals surface area contributed by atoms with Gasteiger partial charge in [-0.15, -0.1) is 0 Å². The van der Waals surface area contributed by atoms with Crippen molar-refractivity contribution in [3.63, 3.8) is 0 Å². The van der Waals surface area contributed by atoms with Gasteiger partial charge >= 0.3 is 40.4 Å². The molecule has 0 bridgehead atoms. The monoisotopic (exact) mass is 87.0 g/mol. The molecule has 0 aliphatic carbocycles. The third-order valence-corrected chi connectivity index (χ3v) is 0. The Morgan fingerprint density at radius 2 is 1.00 bits per heavy atom. The van der Waals surface area contributed by atoms with Crippen molar-refractivity contribution in [2.75, 3.05) is 0 Å². The van der Waals surface area contributed by atoms with E-state index in [9.17, 15) is 0 Å². The van der Waals surface area contributed by atoms with Crippen molar-refractivity contribution in [2.24, 2.45) is 0 Å². The van der Waals surface area contributed by atoms with Gasteiger partial charge in [-0.25, -0.2) is 0 Å². The maximum absolute atomic E-state index is 0. The predicted molar refractivity (Wildman–Crippen MR) is 18.6 cm³/mol. The first-order valence-corrected chi connectivity index (χ1v) is 0. The van der Waals surface area contributed by atoms with Gasteiger partial charge in [0.15, 0.2) is 0 Å². The summed E-state index contributed by atoms with van der Waals surface area (Å²) in [6.45, 7) is 0. The fraction of sp³-hybridized carbons (Fsp3) is 0. The Labute approximate surface area is 51.5 Å². The van der Waals surface area contributed by atoms with E-state index >= 15 is 0 Å². The van der Waals surface area contributed by atoms with Crippen molar-refractivity contribution in [2.45, 2.75) is 0 Å². The summed E-state index contributed by atoms with van der Waals surface area (Å²) in [5, 5.41) is 0. The standard InChI is InChI=1S/Al.Mg.H2O.O.2H/h;;1H2;;;/q+3;;;-2;;. The molecule has 0 aliphatic rings. The Morgan fingerprint density at radius 3 is 1.00 bits per heavy atom. The molecule has 0 rings (SSSR count). The average Bonchev–Trinajstić information content (AvgIpc) is 0. The summed E-state index contributed by atoms with van der Waals surface area (Å²) >= 11 is 0. The van der Waals surface area contributed by atoms with E-state index in [-0.39, 0.29) is 51.4 Å². The molecule has 0 spiro atoms. The molecule has 4 heavy (non-hydrogen) atoms. The van der Waals surface area contributed by atoms with Gasteiger partial charge in [-0.05, 0) is 0 Å². The summed E-state index contributed by atoms with van der Waals surface area (Å²) < 4.78 is 0. The van der Waals surface area contributed by atoms with Gasteiger partial charge in [0.1, 0.15) is 0 Å². The summed E-state index contributed by atoms with van der Waals surface area (Å²) in [5.41, 5.74) is 0. The summed E-state index contributed by atoms with van der Waals surface area (Å²) in [4.78, 5) is 0. The molecule has 2 N–H and O–H groups in total. The maximum Gasteiger partial charge on any atom is 3.00 e. The van der Waals surface area contributed by atoms with Gasteiger partial charge < -0.3 is 11.0 Å². The smallest absolute Gasteiger partial charge is 2.00 e. The van der Waals surface area contributed by atoms with Crippen molar-refractivity contribution >= 4 is 40.4 Å². The van der Waals surface area contributed by atoms with E-state index in [1.54, 1.807) is 0 Å². The first kappa shape index (κ1) is 62.5. The third-order valence-electron chi connectivity index (χ3n) is 0. The van der Waals surface area contributed by atoms with Gasteiger partial charge in [-0.1, -0.05) is 0 Å². The molecule has 4 heteroatoms. The molecule has 0 saturated carbocycles. The SMILES string of the molecule is O.[Al+3].[MgH2].[O-2]. The van der Waals surface area contributed by atoms with Gasteiger partial charge in [0.05, 0.1) is 0 Å². The van der Waals surface area contributed by atoms with E-state index in [0.717, 1.165) is 0 Å². The summed E-state index contributed by atoms with van der Waals surface area (Å²) in [6, 6.07) is 0. The summed E-state index contributed by atoms with van der Waals surface area (Å²) in [7, 11) is 0. The molecule has 0 aliphatic heterocycles. The molecule has 0 fully saturated rings. The fourth-order valence-corrected chi connectivity index (χ4v) is 0. The second-order valence-electron chi connectivity index (χ2n) is 0. The molecule has 0 heterocycles. The van der Waals surface area contributed by atoms with E-state index in [2.05, 4.69) is 0 Å². The van der Waals surface area contributed by atoms with Crippen LogP contribution in [0.25, 0.3) is 0 Å². The molecule has 0 aromatic heterocycles. The molecule has 0 radical (unpaired) electrons. The van der Waals surface area contributed by atoms with Gasteiger partial charge in [0.25, 0.3) is 0 Å². The Balaban J connectivity index is 0. The quantitative estimate of drug-likeness (QED) is 0.300. The second-order valence-corrected chi connectivity index (χ2v) is 0. The third kappa shape index (κ3) is 10.7. The van der Waals surface area contributed by atoms with Gasteiger partial charge in [0.2, 0.25) is 0 Å².